The predicted molar refractivity (Wildman–Crippen MR) is 76.9 cm³/mol. The number of nitrogens with zero attached hydrogens (tertiary/aromatic N) is 1. The first-order chi connectivity index (χ1) is 9.59. The van der Waals surface area contributed by atoms with Gasteiger partial charge in [0.2, 0.25) is 0 Å². The second-order valence-corrected chi connectivity index (χ2v) is 7.86. The van der Waals surface area contributed by atoms with Crippen LogP contribution in [0, 0.1) is 17.3 Å². The summed E-state index contributed by atoms with van der Waals surface area (Å²) < 4.78 is 38.2. The highest BCUT2D eigenvalue weighted by atomic mass is 19.4. The van der Waals surface area contributed by atoms with E-state index in [0.29, 0.717) is 19.0 Å². The van der Waals surface area contributed by atoms with Gasteiger partial charge in [-0.05, 0) is 56.5 Å². The molecule has 1 saturated carbocycles. The van der Waals surface area contributed by atoms with E-state index >= 15 is 0 Å². The Bertz CT molecular complexity index is 342. The second kappa shape index (κ2) is 6.07. The van der Waals surface area contributed by atoms with Crippen LogP contribution >= 0.6 is 0 Å². The van der Waals surface area contributed by atoms with Crippen LogP contribution in [0.25, 0.3) is 0 Å². The van der Waals surface area contributed by atoms with Gasteiger partial charge in [-0.3, -0.25) is 4.90 Å². The number of hydrogen-bond acceptors (Lipinski definition) is 2. The average Bonchev–Trinajstić information content (AvgIpc) is 2.37. The van der Waals surface area contributed by atoms with Crippen molar-refractivity contribution in [2.45, 2.75) is 71.2 Å². The minimum Gasteiger partial charge on any atom is -0.391 e. The van der Waals surface area contributed by atoms with Crippen molar-refractivity contribution in [1.82, 2.24) is 4.90 Å². The highest BCUT2D eigenvalue weighted by molar-refractivity contribution is 4.92. The monoisotopic (exact) mass is 307 g/mol. The third kappa shape index (κ3) is 4.13. The van der Waals surface area contributed by atoms with Crippen LogP contribution in [0.3, 0.4) is 0 Å². The smallest absolute Gasteiger partial charge is 0.391 e. The maximum absolute atomic E-state index is 12.7. The van der Waals surface area contributed by atoms with Crippen LogP contribution in [-0.2, 0) is 0 Å². The molecular weight excluding hydrogens is 279 g/mol. The molecule has 1 saturated heterocycles. The van der Waals surface area contributed by atoms with Crippen molar-refractivity contribution < 1.29 is 18.3 Å². The van der Waals surface area contributed by atoms with Crippen molar-refractivity contribution >= 4 is 0 Å². The first kappa shape index (κ1) is 17.1. The van der Waals surface area contributed by atoms with Gasteiger partial charge in [0, 0.05) is 6.04 Å². The molecule has 124 valence electrons. The zero-order valence-electron chi connectivity index (χ0n) is 13.3. The molecule has 5 heteroatoms. The maximum Gasteiger partial charge on any atom is 0.391 e. The highest BCUT2D eigenvalue weighted by Crippen LogP contribution is 2.41. The normalized spacial score (nSPS) is 34.1. The summed E-state index contributed by atoms with van der Waals surface area (Å²) in [4.78, 5) is 2.10. The zero-order valence-corrected chi connectivity index (χ0v) is 13.3. The summed E-state index contributed by atoms with van der Waals surface area (Å²) in [5.74, 6) is -0.626. The minimum atomic E-state index is -4.06. The van der Waals surface area contributed by atoms with E-state index in [0.717, 1.165) is 19.3 Å². The number of alkyl halides is 3. The molecule has 0 amide bonds. The molecule has 2 nitrogen and oxygen atoms in total. The molecule has 0 aromatic heterocycles. The molecule has 1 N–H and O–H groups in total. The van der Waals surface area contributed by atoms with Crippen molar-refractivity contribution in [2.24, 2.45) is 17.3 Å². The van der Waals surface area contributed by atoms with Crippen LogP contribution in [0.5, 0.6) is 0 Å². The van der Waals surface area contributed by atoms with Crippen LogP contribution < -0.4 is 0 Å². The Kier molecular flexibility index (Phi) is 4.94. The molecule has 0 spiro atoms. The fourth-order valence-electron chi connectivity index (χ4n) is 3.87. The SMILES string of the molecule is CC(C)(C)C1CCC(O)C(N2CCC(C(F)(F)F)CC2)C1. The fraction of sp³-hybridized carbons (Fsp3) is 1.00. The Balaban J connectivity index is 1.95. The third-order valence-corrected chi connectivity index (χ3v) is 5.47. The summed E-state index contributed by atoms with van der Waals surface area (Å²) >= 11 is 0. The lowest BCUT2D eigenvalue weighted by Gasteiger charge is -2.46. The predicted octanol–water partition coefficient (Wildman–Crippen LogP) is 3.84. The third-order valence-electron chi connectivity index (χ3n) is 5.47. The number of piperidine rings is 1. The van der Waals surface area contributed by atoms with E-state index in [4.69, 9.17) is 0 Å². The summed E-state index contributed by atoms with van der Waals surface area (Å²) in [7, 11) is 0. The topological polar surface area (TPSA) is 23.5 Å². The molecule has 0 radical (unpaired) electrons. The Morgan fingerprint density at radius 2 is 1.48 bits per heavy atom. The fourth-order valence-corrected chi connectivity index (χ4v) is 3.87. The lowest BCUT2D eigenvalue weighted by atomic mass is 9.69. The lowest BCUT2D eigenvalue weighted by Crippen LogP contribution is -2.52. The molecule has 0 aromatic carbocycles. The van der Waals surface area contributed by atoms with E-state index in [1.165, 1.54) is 0 Å². The van der Waals surface area contributed by atoms with Crippen LogP contribution in [0.15, 0.2) is 0 Å². The molecule has 0 aromatic rings. The standard InChI is InChI=1S/C16H28F3NO/c1-15(2,3)12-4-5-14(21)13(10-12)20-8-6-11(7-9-20)16(17,18)19/h11-14,21H,4-10H2,1-3H3. The van der Waals surface area contributed by atoms with Gasteiger partial charge in [0.15, 0.2) is 0 Å². The van der Waals surface area contributed by atoms with Gasteiger partial charge >= 0.3 is 6.18 Å². The molecule has 1 aliphatic carbocycles. The van der Waals surface area contributed by atoms with Crippen molar-refractivity contribution in [3.63, 3.8) is 0 Å². The van der Waals surface area contributed by atoms with E-state index in [1.54, 1.807) is 0 Å². The number of rotatable bonds is 1. The quantitative estimate of drug-likeness (QED) is 0.795. The van der Waals surface area contributed by atoms with Crippen molar-refractivity contribution in [1.29, 1.82) is 0 Å². The van der Waals surface area contributed by atoms with E-state index in [1.807, 2.05) is 0 Å². The molecule has 21 heavy (non-hydrogen) atoms. The summed E-state index contributed by atoms with van der Waals surface area (Å²) in [6.07, 6.45) is -1.41. The van der Waals surface area contributed by atoms with Crippen LogP contribution in [0.1, 0.15) is 52.9 Å². The van der Waals surface area contributed by atoms with Crippen molar-refractivity contribution in [3.05, 3.63) is 0 Å². The van der Waals surface area contributed by atoms with Gasteiger partial charge in [-0.15, -0.1) is 0 Å². The van der Waals surface area contributed by atoms with Gasteiger partial charge in [-0.25, -0.2) is 0 Å². The molecule has 2 fully saturated rings. The van der Waals surface area contributed by atoms with Gasteiger partial charge in [0.25, 0.3) is 0 Å². The first-order valence-corrected chi connectivity index (χ1v) is 8.08. The molecule has 3 unspecified atom stereocenters. The molecule has 1 heterocycles. The molecule has 0 bridgehead atoms. The van der Waals surface area contributed by atoms with E-state index < -0.39 is 12.1 Å². The lowest BCUT2D eigenvalue weighted by molar-refractivity contribution is -0.188. The second-order valence-electron chi connectivity index (χ2n) is 7.86. The van der Waals surface area contributed by atoms with Gasteiger partial charge in [0.05, 0.1) is 12.0 Å². The van der Waals surface area contributed by atoms with Crippen LogP contribution in [0.2, 0.25) is 0 Å². The van der Waals surface area contributed by atoms with Crippen LogP contribution in [0.4, 0.5) is 13.2 Å². The van der Waals surface area contributed by atoms with Crippen molar-refractivity contribution in [2.75, 3.05) is 13.1 Å². The average molecular weight is 307 g/mol. The van der Waals surface area contributed by atoms with Crippen LogP contribution in [-0.4, -0.2) is 41.4 Å². The molecule has 3 atom stereocenters. The maximum atomic E-state index is 12.7. The van der Waals surface area contributed by atoms with Gasteiger partial charge in [-0.2, -0.15) is 13.2 Å². The number of aliphatic hydroxyl groups is 1. The van der Waals surface area contributed by atoms with Gasteiger partial charge in [-0.1, -0.05) is 20.8 Å². The van der Waals surface area contributed by atoms with Crippen molar-refractivity contribution in [3.8, 4) is 0 Å². The zero-order chi connectivity index (χ0) is 15.8. The molecule has 2 rings (SSSR count). The summed E-state index contributed by atoms with van der Waals surface area (Å²) in [5.41, 5.74) is 0.197. The van der Waals surface area contributed by atoms with E-state index in [-0.39, 0.29) is 30.4 Å². The molecule has 2 aliphatic rings. The van der Waals surface area contributed by atoms with Gasteiger partial charge in [0.1, 0.15) is 0 Å². The van der Waals surface area contributed by atoms with E-state index in [2.05, 4.69) is 25.7 Å². The summed E-state index contributed by atoms with van der Waals surface area (Å²) in [5, 5.41) is 10.3. The van der Waals surface area contributed by atoms with Gasteiger partial charge < -0.3 is 5.11 Å². The molecule has 1 aliphatic heterocycles. The Morgan fingerprint density at radius 1 is 0.905 bits per heavy atom. The number of hydrogen-bond donors (Lipinski definition) is 1. The van der Waals surface area contributed by atoms with E-state index in [9.17, 15) is 18.3 Å². The first-order valence-electron chi connectivity index (χ1n) is 8.08. The number of likely N-dealkylation sites (tertiary alicyclic amines) is 1. The highest BCUT2D eigenvalue weighted by Gasteiger charge is 2.44. The Morgan fingerprint density at radius 3 is 1.95 bits per heavy atom. The molecular formula is C16H28F3NO. The summed E-state index contributed by atoms with van der Waals surface area (Å²) in [6.45, 7) is 7.55. The number of halogens is 3. The minimum absolute atomic E-state index is 0.0390. The summed E-state index contributed by atoms with van der Waals surface area (Å²) in [6, 6.07) is 0.0390. The largest absolute Gasteiger partial charge is 0.391 e. The number of aliphatic hydroxyl groups excluding tert-OH is 1. The Labute approximate surface area is 125 Å². The Hall–Kier alpha value is -0.290.